The van der Waals surface area contributed by atoms with E-state index >= 15 is 0 Å². The number of halogens is 2. The van der Waals surface area contributed by atoms with E-state index in [1.165, 1.54) is 6.20 Å². The van der Waals surface area contributed by atoms with Crippen LogP contribution in [0.3, 0.4) is 0 Å². The van der Waals surface area contributed by atoms with E-state index < -0.39 is 20.5 Å². The minimum Gasteiger partial charge on any atom is -0.349 e. The van der Waals surface area contributed by atoms with Gasteiger partial charge in [-0.05, 0) is 73.3 Å². The fourth-order valence-corrected chi connectivity index (χ4v) is 8.03. The highest BCUT2D eigenvalue weighted by molar-refractivity contribution is 7.92. The number of hydrogen-bond acceptors (Lipinski definition) is 4. The molecule has 1 aliphatic carbocycles. The van der Waals surface area contributed by atoms with Gasteiger partial charge in [-0.1, -0.05) is 55.3 Å². The molecule has 4 rings (SSSR count). The third-order valence-electron chi connectivity index (χ3n) is 7.57. The van der Waals surface area contributed by atoms with Gasteiger partial charge in [-0.3, -0.25) is 9.78 Å². The number of benzene rings is 1. The van der Waals surface area contributed by atoms with Gasteiger partial charge in [-0.25, -0.2) is 8.42 Å². The van der Waals surface area contributed by atoms with E-state index in [0.717, 1.165) is 5.56 Å². The molecule has 5 atom stereocenters. The lowest BCUT2D eigenvalue weighted by molar-refractivity contribution is -0.137. The third kappa shape index (κ3) is 5.60. The second kappa shape index (κ2) is 10.2. The van der Waals surface area contributed by atoms with Crippen LogP contribution in [0.4, 0.5) is 0 Å². The molecule has 1 aromatic heterocycles. The zero-order valence-corrected chi connectivity index (χ0v) is 22.4. The van der Waals surface area contributed by atoms with Crippen LogP contribution in [0, 0.1) is 17.3 Å². The highest BCUT2D eigenvalue weighted by atomic mass is 35.5. The van der Waals surface area contributed by atoms with Crippen LogP contribution in [-0.4, -0.2) is 24.6 Å². The van der Waals surface area contributed by atoms with Crippen molar-refractivity contribution in [3.63, 3.8) is 0 Å². The average Bonchev–Trinajstić information content (AvgIpc) is 3.66. The van der Waals surface area contributed by atoms with Crippen LogP contribution in [0.15, 0.2) is 55.4 Å². The summed E-state index contributed by atoms with van der Waals surface area (Å²) >= 11 is 12.3. The maximum atomic E-state index is 13.5. The van der Waals surface area contributed by atoms with Gasteiger partial charge in [0.05, 0.1) is 27.0 Å². The molecule has 1 amide bonds. The summed E-state index contributed by atoms with van der Waals surface area (Å²) in [6.07, 6.45) is 7.92. The van der Waals surface area contributed by atoms with Crippen LogP contribution in [0.2, 0.25) is 10.0 Å². The maximum absolute atomic E-state index is 13.5. The lowest BCUT2D eigenvalue weighted by Gasteiger charge is -2.45. The van der Waals surface area contributed by atoms with Gasteiger partial charge < -0.3 is 5.32 Å². The van der Waals surface area contributed by atoms with Crippen LogP contribution in [-0.2, 0) is 14.6 Å². The Labute approximate surface area is 218 Å². The summed E-state index contributed by atoms with van der Waals surface area (Å²) in [5.41, 5.74) is 0.991. The molecule has 1 saturated heterocycles. The largest absolute Gasteiger partial charge is 0.349 e. The molecule has 35 heavy (non-hydrogen) atoms. The number of pyridine rings is 1. The Balaban J connectivity index is 1.70. The number of sulfone groups is 1. The summed E-state index contributed by atoms with van der Waals surface area (Å²) in [7, 11) is -3.39. The van der Waals surface area contributed by atoms with Crippen LogP contribution in [0.25, 0.3) is 0 Å². The predicted molar refractivity (Wildman–Crippen MR) is 141 cm³/mol. The van der Waals surface area contributed by atoms with Crippen LogP contribution in [0.5, 0.6) is 0 Å². The Morgan fingerprint density at radius 1 is 1.20 bits per heavy atom. The predicted octanol–water partition coefficient (Wildman–Crippen LogP) is 6.49. The monoisotopic (exact) mass is 534 g/mol. The molecule has 1 aliphatic heterocycles. The Morgan fingerprint density at radius 3 is 2.49 bits per heavy atom. The molecule has 2 aliphatic rings. The fourth-order valence-electron chi connectivity index (χ4n) is 5.38. The normalized spacial score (nSPS) is 26.6. The molecule has 1 saturated carbocycles. The number of hydrogen-bond donors (Lipinski definition) is 1. The lowest BCUT2D eigenvalue weighted by Crippen LogP contribution is -2.51. The molecule has 1 N–H and O–H groups in total. The second-order valence-electron chi connectivity index (χ2n) is 10.4. The van der Waals surface area contributed by atoms with E-state index in [0.29, 0.717) is 47.7 Å². The molecule has 2 aromatic rings. The summed E-state index contributed by atoms with van der Waals surface area (Å²) in [5.74, 6) is -0.0113. The Morgan fingerprint density at radius 2 is 1.89 bits per heavy atom. The molecule has 2 heterocycles. The highest BCUT2D eigenvalue weighted by Gasteiger charge is 2.48. The van der Waals surface area contributed by atoms with Crippen molar-refractivity contribution in [2.45, 2.75) is 62.5 Å². The van der Waals surface area contributed by atoms with Crippen molar-refractivity contribution in [1.29, 1.82) is 0 Å². The Hall–Kier alpha value is -1.89. The van der Waals surface area contributed by atoms with E-state index in [4.69, 9.17) is 23.2 Å². The van der Waals surface area contributed by atoms with Crippen molar-refractivity contribution in [3.8, 4) is 0 Å². The molecule has 1 aromatic carbocycles. The maximum Gasteiger partial charge on any atom is 0.226 e. The SMILES string of the molecule is C=CC[C@@]1(C)C[C@H](C(C)C[C@@H](c2cncc(Cl)c2)S(=O)(=O)C2CC2)[C@@H](c2ccc(Cl)cc2)NC1=O. The molecule has 0 bridgehead atoms. The van der Waals surface area contributed by atoms with Crippen molar-refractivity contribution in [3.05, 3.63) is 76.6 Å². The highest BCUT2D eigenvalue weighted by Crippen LogP contribution is 2.48. The van der Waals surface area contributed by atoms with E-state index in [-0.39, 0.29) is 29.0 Å². The summed E-state index contributed by atoms with van der Waals surface area (Å²) in [4.78, 5) is 17.3. The second-order valence-corrected chi connectivity index (χ2v) is 13.6. The van der Waals surface area contributed by atoms with E-state index in [9.17, 15) is 13.2 Å². The van der Waals surface area contributed by atoms with Crippen molar-refractivity contribution in [1.82, 2.24) is 10.3 Å². The first-order valence-corrected chi connectivity index (χ1v) is 14.4. The van der Waals surface area contributed by atoms with Gasteiger partial charge in [0, 0.05) is 17.4 Å². The van der Waals surface area contributed by atoms with Crippen LogP contribution < -0.4 is 5.32 Å². The minimum atomic E-state index is -3.39. The first kappa shape index (κ1) is 26.2. The molecule has 1 unspecified atom stereocenters. The van der Waals surface area contributed by atoms with Gasteiger partial charge in [-0.2, -0.15) is 0 Å². The standard InChI is InChI=1S/C27H32Cl2N2O3S/c1-4-11-27(3)14-23(25(31-26(27)32)18-5-7-20(28)8-6-18)17(2)12-24(35(33,34)22-9-10-22)19-13-21(29)16-30-15-19/h4-8,13,15-17,22-25H,1,9-12,14H2,2-3H3,(H,31,32)/t17?,23-,24+,25-,27+/m1/s1. The van der Waals surface area contributed by atoms with Gasteiger partial charge >= 0.3 is 0 Å². The van der Waals surface area contributed by atoms with Gasteiger partial charge in [0.2, 0.25) is 5.91 Å². The first-order valence-electron chi connectivity index (χ1n) is 12.1. The molecule has 5 nitrogen and oxygen atoms in total. The van der Waals surface area contributed by atoms with E-state index in [1.807, 2.05) is 31.2 Å². The topological polar surface area (TPSA) is 76.1 Å². The van der Waals surface area contributed by atoms with Gasteiger partial charge in [-0.15, -0.1) is 6.58 Å². The third-order valence-corrected chi connectivity index (χ3v) is 10.7. The Kier molecular flexibility index (Phi) is 7.65. The zero-order valence-electron chi connectivity index (χ0n) is 20.1. The number of allylic oxidation sites excluding steroid dienone is 1. The van der Waals surface area contributed by atoms with E-state index in [2.05, 4.69) is 23.8 Å². The number of nitrogens with one attached hydrogen (secondary N) is 1. The molecule has 0 radical (unpaired) electrons. The summed E-state index contributed by atoms with van der Waals surface area (Å²) in [6, 6.07) is 8.98. The molecule has 8 heteroatoms. The molecular formula is C27H32Cl2N2O3S. The van der Waals surface area contributed by atoms with Crippen molar-refractivity contribution >= 4 is 38.9 Å². The van der Waals surface area contributed by atoms with E-state index in [1.54, 1.807) is 18.3 Å². The van der Waals surface area contributed by atoms with Gasteiger partial charge in [0.15, 0.2) is 9.84 Å². The minimum absolute atomic E-state index is 0.0120. The molecule has 0 spiro atoms. The first-order chi connectivity index (χ1) is 16.5. The van der Waals surface area contributed by atoms with Gasteiger partial charge in [0.25, 0.3) is 0 Å². The number of aromatic nitrogens is 1. The van der Waals surface area contributed by atoms with Crippen molar-refractivity contribution in [2.75, 3.05) is 0 Å². The zero-order chi connectivity index (χ0) is 25.4. The number of nitrogens with zero attached hydrogens (tertiary/aromatic N) is 1. The molecule has 2 fully saturated rings. The van der Waals surface area contributed by atoms with Crippen molar-refractivity contribution in [2.24, 2.45) is 17.3 Å². The van der Waals surface area contributed by atoms with Crippen LogP contribution in [0.1, 0.15) is 68.4 Å². The van der Waals surface area contributed by atoms with Gasteiger partial charge in [0.1, 0.15) is 0 Å². The summed E-state index contributed by atoms with van der Waals surface area (Å²) in [5, 5.41) is 3.30. The smallest absolute Gasteiger partial charge is 0.226 e. The number of amides is 1. The quantitative estimate of drug-likeness (QED) is 0.373. The fraction of sp³-hybridized carbons (Fsp3) is 0.481. The number of carbonyl (C=O) groups is 1. The summed E-state index contributed by atoms with van der Waals surface area (Å²) < 4.78 is 27.1. The number of rotatable bonds is 9. The lowest BCUT2D eigenvalue weighted by atomic mass is 9.66. The summed E-state index contributed by atoms with van der Waals surface area (Å²) in [6.45, 7) is 7.90. The molecular weight excluding hydrogens is 503 g/mol. The van der Waals surface area contributed by atoms with Crippen LogP contribution >= 0.6 is 23.2 Å². The average molecular weight is 536 g/mol. The van der Waals surface area contributed by atoms with Crippen molar-refractivity contribution < 1.29 is 13.2 Å². The molecule has 188 valence electrons. The number of carbonyl (C=O) groups excluding carboxylic acids is 1. The Bertz CT molecular complexity index is 1200. The number of piperidine rings is 1.